The van der Waals surface area contributed by atoms with E-state index in [-0.39, 0.29) is 5.56 Å². The fraction of sp³-hybridized carbons (Fsp3) is 0.133. The molecule has 3 aromatic rings. The van der Waals surface area contributed by atoms with Crippen molar-refractivity contribution in [3.63, 3.8) is 0 Å². The van der Waals surface area contributed by atoms with E-state index < -0.39 is 0 Å². The number of nitrogens with zero attached hydrogens (tertiary/aromatic N) is 2. The van der Waals surface area contributed by atoms with Crippen LogP contribution in [0.4, 0.5) is 5.69 Å². The number of hydrogen-bond acceptors (Lipinski definition) is 3. The van der Waals surface area contributed by atoms with Gasteiger partial charge in [0.05, 0.1) is 28.3 Å². The molecule has 0 spiro atoms. The van der Waals surface area contributed by atoms with E-state index in [0.29, 0.717) is 23.6 Å². The highest BCUT2D eigenvalue weighted by Crippen LogP contribution is 2.28. The van der Waals surface area contributed by atoms with E-state index in [1.807, 2.05) is 29.2 Å². The molecule has 0 unspecified atom stereocenters. The Labute approximate surface area is 135 Å². The number of hydrogen-bond donors (Lipinski definition) is 2. The van der Waals surface area contributed by atoms with E-state index >= 15 is 0 Å². The molecule has 0 saturated carbocycles. The predicted octanol–water partition coefficient (Wildman–Crippen LogP) is 2.79. The molecule has 110 valence electrons. The van der Waals surface area contributed by atoms with Crippen molar-refractivity contribution in [1.82, 2.24) is 15.0 Å². The smallest absolute Gasteiger partial charge is 0.253 e. The second kappa shape index (κ2) is 4.93. The molecule has 1 aromatic carbocycles. The number of imidazole rings is 1. The number of nitrogens with one attached hydrogen (secondary N) is 2. The minimum absolute atomic E-state index is 0.0845. The third-order valence-electron chi connectivity index (χ3n) is 3.76. The average Bonchev–Trinajstić information content (AvgIpc) is 3.02. The first kappa shape index (κ1) is 13.5. The van der Waals surface area contributed by atoms with Gasteiger partial charge in [0.25, 0.3) is 5.56 Å². The van der Waals surface area contributed by atoms with Crippen LogP contribution in [0.2, 0.25) is 5.02 Å². The zero-order valence-electron chi connectivity index (χ0n) is 11.4. The Bertz CT molecular complexity index is 962. The summed E-state index contributed by atoms with van der Waals surface area (Å²) in [5.74, 6) is 0.785. The topological polar surface area (TPSA) is 64.8 Å². The Kier molecular flexibility index (Phi) is 3.02. The number of aromatic nitrogens is 3. The van der Waals surface area contributed by atoms with Crippen LogP contribution in [0.1, 0.15) is 11.4 Å². The number of H-pyrrole nitrogens is 2. The fourth-order valence-corrected chi connectivity index (χ4v) is 3.22. The number of anilines is 1. The van der Waals surface area contributed by atoms with Gasteiger partial charge in [0.1, 0.15) is 5.82 Å². The zero-order valence-corrected chi connectivity index (χ0v) is 13.0. The minimum Gasteiger partial charge on any atom is -0.340 e. The van der Waals surface area contributed by atoms with Gasteiger partial charge in [-0.25, -0.2) is 4.98 Å². The molecule has 1 aliphatic rings. The quantitative estimate of drug-likeness (QED) is 0.709. The van der Waals surface area contributed by atoms with Gasteiger partial charge in [-0.05, 0) is 24.3 Å². The minimum atomic E-state index is -0.0845. The maximum absolute atomic E-state index is 11.9. The first-order valence-electron chi connectivity index (χ1n) is 6.77. The number of aromatic amines is 2. The summed E-state index contributed by atoms with van der Waals surface area (Å²) in [6, 6.07) is 7.40. The second-order valence-corrected chi connectivity index (χ2v) is 6.08. The van der Waals surface area contributed by atoms with E-state index in [1.54, 1.807) is 6.20 Å². The molecule has 0 amide bonds. The molecular weight excluding hydrogens is 320 g/mol. The Morgan fingerprint density at radius 1 is 1.36 bits per heavy atom. The van der Waals surface area contributed by atoms with Crippen LogP contribution in [0.15, 0.2) is 35.3 Å². The highest BCUT2D eigenvalue weighted by Gasteiger charge is 2.27. The van der Waals surface area contributed by atoms with Crippen LogP contribution in [-0.4, -0.2) is 19.9 Å². The van der Waals surface area contributed by atoms with Crippen LogP contribution < -0.4 is 10.5 Å². The zero-order chi connectivity index (χ0) is 15.3. The molecule has 1 aliphatic heterocycles. The van der Waals surface area contributed by atoms with Crippen LogP contribution in [0, 0.1) is 0 Å². The van der Waals surface area contributed by atoms with Gasteiger partial charge in [-0.15, -0.1) is 0 Å². The first-order valence-corrected chi connectivity index (χ1v) is 7.55. The van der Waals surface area contributed by atoms with Crippen molar-refractivity contribution >= 4 is 45.5 Å². The van der Waals surface area contributed by atoms with Gasteiger partial charge in [-0.3, -0.25) is 4.79 Å². The molecule has 0 fully saturated rings. The van der Waals surface area contributed by atoms with Crippen molar-refractivity contribution in [2.45, 2.75) is 13.0 Å². The number of pyridine rings is 1. The predicted molar refractivity (Wildman–Crippen MR) is 90.7 cm³/mol. The van der Waals surface area contributed by atoms with Crippen LogP contribution in [0.5, 0.6) is 0 Å². The summed E-state index contributed by atoms with van der Waals surface area (Å²) in [5, 5.41) is 0.663. The lowest BCUT2D eigenvalue weighted by Gasteiger charge is -2.17. The Morgan fingerprint density at radius 2 is 2.23 bits per heavy atom. The van der Waals surface area contributed by atoms with Gasteiger partial charge >= 0.3 is 0 Å². The summed E-state index contributed by atoms with van der Waals surface area (Å²) in [6.45, 7) is 0.502. The van der Waals surface area contributed by atoms with Crippen LogP contribution in [0.25, 0.3) is 11.0 Å². The van der Waals surface area contributed by atoms with Crippen molar-refractivity contribution in [2.75, 3.05) is 4.90 Å². The van der Waals surface area contributed by atoms with E-state index in [1.165, 1.54) is 0 Å². The summed E-state index contributed by atoms with van der Waals surface area (Å²) in [7, 11) is 0. The monoisotopic (exact) mass is 330 g/mol. The number of fused-ring (bicyclic) bond motifs is 2. The highest BCUT2D eigenvalue weighted by atomic mass is 35.5. The molecule has 2 aromatic heterocycles. The Morgan fingerprint density at radius 3 is 3.09 bits per heavy atom. The summed E-state index contributed by atoms with van der Waals surface area (Å²) < 4.78 is 0. The molecule has 0 atom stereocenters. The van der Waals surface area contributed by atoms with Gasteiger partial charge in [0, 0.05) is 23.2 Å². The van der Waals surface area contributed by atoms with Crippen molar-refractivity contribution in [3.8, 4) is 0 Å². The molecule has 7 heteroatoms. The van der Waals surface area contributed by atoms with Crippen molar-refractivity contribution in [1.29, 1.82) is 0 Å². The number of rotatable bonds is 2. The van der Waals surface area contributed by atoms with Gasteiger partial charge < -0.3 is 14.9 Å². The molecular formula is C15H11ClN4OS. The van der Waals surface area contributed by atoms with Gasteiger partial charge in [-0.1, -0.05) is 23.8 Å². The molecule has 22 heavy (non-hydrogen) atoms. The molecule has 0 aliphatic carbocycles. The Hall–Kier alpha value is -2.18. The third-order valence-corrected chi connectivity index (χ3v) is 4.36. The van der Waals surface area contributed by atoms with Gasteiger partial charge in [0.15, 0.2) is 0 Å². The number of benzene rings is 1. The summed E-state index contributed by atoms with van der Waals surface area (Å²) >= 11 is 11.4. The summed E-state index contributed by atoms with van der Waals surface area (Å²) in [5.41, 5.74) is 3.23. The molecule has 3 heterocycles. The van der Waals surface area contributed by atoms with E-state index in [0.717, 1.165) is 27.5 Å². The molecule has 0 bridgehead atoms. The lowest BCUT2D eigenvalue weighted by molar-refractivity contribution is 0.934. The van der Waals surface area contributed by atoms with E-state index in [9.17, 15) is 4.79 Å². The second-order valence-electron chi connectivity index (χ2n) is 5.17. The highest BCUT2D eigenvalue weighted by molar-refractivity contribution is 7.80. The first-order chi connectivity index (χ1) is 10.6. The van der Waals surface area contributed by atoms with Crippen molar-refractivity contribution in [3.05, 3.63) is 57.2 Å². The standard InChI is InChI=1S/C15H11ClN4OS/c16-8-1-2-10-11(5-8)19-13(18-10)7-20-12-3-4-17-15(21)9(12)6-14(20)22/h1-5H,6-7H2,(H,17,21)(H,18,19). The largest absolute Gasteiger partial charge is 0.340 e. The van der Waals surface area contributed by atoms with Crippen molar-refractivity contribution in [2.24, 2.45) is 0 Å². The van der Waals surface area contributed by atoms with Gasteiger partial charge in [-0.2, -0.15) is 0 Å². The maximum Gasteiger partial charge on any atom is 0.253 e. The lowest BCUT2D eigenvalue weighted by Crippen LogP contribution is -2.25. The maximum atomic E-state index is 11.9. The van der Waals surface area contributed by atoms with Crippen molar-refractivity contribution < 1.29 is 0 Å². The van der Waals surface area contributed by atoms with Crippen LogP contribution in [-0.2, 0) is 13.0 Å². The van der Waals surface area contributed by atoms with Gasteiger partial charge in [0.2, 0.25) is 0 Å². The lowest BCUT2D eigenvalue weighted by atomic mass is 10.2. The molecule has 2 N–H and O–H groups in total. The van der Waals surface area contributed by atoms with E-state index in [4.69, 9.17) is 23.8 Å². The normalized spacial score (nSPS) is 13.9. The third kappa shape index (κ3) is 2.12. The molecule has 5 nitrogen and oxygen atoms in total. The number of thiocarbonyl (C=S) groups is 1. The van der Waals surface area contributed by atoms with Crippen LogP contribution in [0.3, 0.4) is 0 Å². The molecule has 4 rings (SSSR count). The average molecular weight is 331 g/mol. The Balaban J connectivity index is 1.72. The summed E-state index contributed by atoms with van der Waals surface area (Å²) in [6.07, 6.45) is 2.13. The molecule has 0 radical (unpaired) electrons. The fourth-order valence-electron chi connectivity index (χ4n) is 2.74. The summed E-state index contributed by atoms with van der Waals surface area (Å²) in [4.78, 5) is 25.0. The SMILES string of the molecule is O=c1[nH]ccc2c1CC(=S)N2Cc1nc2ccc(Cl)cc2[nH]1. The van der Waals surface area contributed by atoms with Crippen LogP contribution >= 0.6 is 23.8 Å². The molecule has 0 saturated heterocycles. The van der Waals surface area contributed by atoms with E-state index in [2.05, 4.69) is 15.0 Å². The number of halogens is 1.